The molecule has 27 heavy (non-hydrogen) atoms. The number of amides is 1. The maximum absolute atomic E-state index is 12.7. The lowest BCUT2D eigenvalue weighted by Crippen LogP contribution is -2.23. The largest absolute Gasteiger partial charge is 0.321 e. The van der Waals surface area contributed by atoms with E-state index >= 15 is 0 Å². The zero-order chi connectivity index (χ0) is 20.2. The van der Waals surface area contributed by atoms with Crippen LogP contribution in [0.4, 0.5) is 0 Å². The molecule has 0 bridgehead atoms. The van der Waals surface area contributed by atoms with Crippen LogP contribution >= 0.6 is 0 Å². The lowest BCUT2D eigenvalue weighted by Gasteiger charge is -2.11. The lowest BCUT2D eigenvalue weighted by molar-refractivity contribution is -0.116. The maximum Gasteiger partial charge on any atom is 0.250 e. The Morgan fingerprint density at radius 3 is 1.93 bits per heavy atom. The van der Waals surface area contributed by atoms with Crippen molar-refractivity contribution in [1.82, 2.24) is 5.32 Å². The Labute approximate surface area is 159 Å². The van der Waals surface area contributed by atoms with E-state index in [1.807, 2.05) is 6.92 Å². The van der Waals surface area contributed by atoms with Gasteiger partial charge >= 0.3 is 0 Å². The van der Waals surface area contributed by atoms with E-state index in [0.717, 1.165) is 11.0 Å². The smallest absolute Gasteiger partial charge is 0.250 e. The first-order valence-electron chi connectivity index (χ1n) is 8.22. The summed E-state index contributed by atoms with van der Waals surface area (Å²) in [6, 6.07) is 12.8. The Morgan fingerprint density at radius 1 is 0.926 bits per heavy atom. The molecule has 1 N–H and O–H groups in total. The first kappa shape index (κ1) is 20.3. The van der Waals surface area contributed by atoms with Gasteiger partial charge in [0.25, 0.3) is 5.91 Å². The number of ketones is 1. The van der Waals surface area contributed by atoms with Gasteiger partial charge in [0.1, 0.15) is 0 Å². The molecule has 0 aliphatic rings. The molecule has 140 valence electrons. The Bertz CT molecular complexity index is 1010. The highest BCUT2D eigenvalue weighted by Gasteiger charge is 2.16. The average Bonchev–Trinajstić information content (AvgIpc) is 2.61. The lowest BCUT2D eigenvalue weighted by atomic mass is 10.1. The molecule has 0 aliphatic carbocycles. The van der Waals surface area contributed by atoms with Crippen LogP contribution in [0.1, 0.15) is 35.3 Å². The molecule has 0 spiro atoms. The number of hydrogen-bond donors (Lipinski definition) is 1. The van der Waals surface area contributed by atoms with Crippen molar-refractivity contribution in [3.05, 3.63) is 82.8 Å². The maximum atomic E-state index is 12.7. The highest BCUT2D eigenvalue weighted by Crippen LogP contribution is 2.20. The quantitative estimate of drug-likeness (QED) is 0.610. The molecule has 6 heteroatoms. The van der Waals surface area contributed by atoms with Crippen molar-refractivity contribution in [3.63, 3.8) is 0 Å². The van der Waals surface area contributed by atoms with E-state index in [9.17, 15) is 18.0 Å². The summed E-state index contributed by atoms with van der Waals surface area (Å²) in [5.41, 5.74) is 2.25. The Hall–Kier alpha value is -2.99. The SMILES string of the molecule is C=C(C)C(=O)N/C(=C\S(=O)(=O)c1ccc(C)cc1)c1ccc(C(C)=O)cc1. The summed E-state index contributed by atoms with van der Waals surface area (Å²) in [6.07, 6.45) is 0. The molecule has 1 amide bonds. The fourth-order valence-electron chi connectivity index (χ4n) is 2.23. The molecule has 0 aromatic heterocycles. The summed E-state index contributed by atoms with van der Waals surface area (Å²) in [5.74, 6) is -0.596. The first-order chi connectivity index (χ1) is 12.6. The summed E-state index contributed by atoms with van der Waals surface area (Å²) in [4.78, 5) is 23.6. The third kappa shape index (κ3) is 5.24. The molecule has 0 unspecified atom stereocenters. The minimum atomic E-state index is -3.80. The van der Waals surface area contributed by atoms with Gasteiger partial charge in [-0.3, -0.25) is 9.59 Å². The van der Waals surface area contributed by atoms with Gasteiger partial charge in [0.05, 0.1) is 16.0 Å². The van der Waals surface area contributed by atoms with Gasteiger partial charge < -0.3 is 5.32 Å². The van der Waals surface area contributed by atoms with Crippen LogP contribution in [0.25, 0.3) is 5.70 Å². The minimum absolute atomic E-state index is 0.106. The molecule has 0 atom stereocenters. The molecule has 2 aromatic carbocycles. The Morgan fingerprint density at radius 2 is 1.44 bits per heavy atom. The van der Waals surface area contributed by atoms with Gasteiger partial charge in [-0.15, -0.1) is 0 Å². The summed E-state index contributed by atoms with van der Waals surface area (Å²) in [6.45, 7) is 8.40. The summed E-state index contributed by atoms with van der Waals surface area (Å²) < 4.78 is 25.5. The zero-order valence-corrected chi connectivity index (χ0v) is 16.3. The van der Waals surface area contributed by atoms with E-state index < -0.39 is 15.7 Å². The van der Waals surface area contributed by atoms with E-state index in [1.165, 1.54) is 26.0 Å². The molecule has 0 fully saturated rings. The molecule has 0 aliphatic heterocycles. The normalized spacial score (nSPS) is 11.7. The summed E-state index contributed by atoms with van der Waals surface area (Å²) >= 11 is 0. The van der Waals surface area contributed by atoms with Crippen molar-refractivity contribution in [1.29, 1.82) is 0 Å². The number of Topliss-reactive ketones (excluding diaryl/α,β-unsaturated/α-hetero) is 1. The number of rotatable bonds is 6. The molecular weight excluding hydrogens is 362 g/mol. The zero-order valence-electron chi connectivity index (χ0n) is 15.4. The van der Waals surface area contributed by atoms with E-state index in [2.05, 4.69) is 11.9 Å². The third-order valence-corrected chi connectivity index (χ3v) is 5.34. The van der Waals surface area contributed by atoms with Crippen molar-refractivity contribution in [2.75, 3.05) is 0 Å². The van der Waals surface area contributed by atoms with Gasteiger partial charge in [-0.2, -0.15) is 0 Å². The van der Waals surface area contributed by atoms with Gasteiger partial charge in [-0.05, 0) is 38.5 Å². The van der Waals surface area contributed by atoms with Crippen LogP contribution in [0, 0.1) is 6.92 Å². The van der Waals surface area contributed by atoms with Crippen molar-refractivity contribution < 1.29 is 18.0 Å². The second-order valence-corrected chi connectivity index (χ2v) is 8.05. The Kier molecular flexibility index (Phi) is 6.13. The van der Waals surface area contributed by atoms with Gasteiger partial charge in [0.15, 0.2) is 5.78 Å². The van der Waals surface area contributed by atoms with Gasteiger partial charge in [-0.1, -0.05) is 48.5 Å². The van der Waals surface area contributed by atoms with E-state index in [1.54, 1.807) is 36.4 Å². The van der Waals surface area contributed by atoms with Crippen molar-refractivity contribution in [2.24, 2.45) is 0 Å². The number of aryl methyl sites for hydroxylation is 1. The second kappa shape index (κ2) is 8.14. The fraction of sp³-hybridized carbons (Fsp3) is 0.143. The number of benzene rings is 2. The molecule has 0 saturated heterocycles. The predicted octanol–water partition coefficient (Wildman–Crippen LogP) is 3.66. The highest BCUT2D eigenvalue weighted by molar-refractivity contribution is 7.94. The molecule has 0 heterocycles. The first-order valence-corrected chi connectivity index (χ1v) is 9.76. The predicted molar refractivity (Wildman–Crippen MR) is 106 cm³/mol. The molecule has 2 aromatic rings. The van der Waals surface area contributed by atoms with E-state index in [-0.39, 0.29) is 21.9 Å². The van der Waals surface area contributed by atoms with E-state index in [0.29, 0.717) is 11.1 Å². The van der Waals surface area contributed by atoms with Crippen LogP contribution in [-0.2, 0) is 14.6 Å². The molecule has 0 saturated carbocycles. The molecular formula is C21H21NO4S. The van der Waals surface area contributed by atoms with Crippen LogP contribution in [0.2, 0.25) is 0 Å². The van der Waals surface area contributed by atoms with Crippen LogP contribution in [0.5, 0.6) is 0 Å². The van der Waals surface area contributed by atoms with Crippen molar-refractivity contribution in [2.45, 2.75) is 25.7 Å². The molecule has 5 nitrogen and oxygen atoms in total. The topological polar surface area (TPSA) is 80.3 Å². The van der Waals surface area contributed by atoms with Gasteiger partial charge in [0.2, 0.25) is 9.84 Å². The van der Waals surface area contributed by atoms with Gasteiger partial charge in [0, 0.05) is 11.1 Å². The van der Waals surface area contributed by atoms with Crippen LogP contribution < -0.4 is 5.32 Å². The number of nitrogens with one attached hydrogen (secondary N) is 1. The fourth-order valence-corrected chi connectivity index (χ4v) is 3.39. The minimum Gasteiger partial charge on any atom is -0.321 e. The Balaban J connectivity index is 2.52. The highest BCUT2D eigenvalue weighted by atomic mass is 32.2. The van der Waals surface area contributed by atoms with E-state index in [4.69, 9.17) is 0 Å². The summed E-state index contributed by atoms with van der Waals surface area (Å²) in [7, 11) is -3.80. The van der Waals surface area contributed by atoms with Crippen molar-refractivity contribution >= 4 is 27.2 Å². The van der Waals surface area contributed by atoms with Crippen LogP contribution in [-0.4, -0.2) is 20.1 Å². The number of carbonyl (C=O) groups excluding carboxylic acids is 2. The standard InChI is InChI=1S/C21H21NO4S/c1-14(2)21(24)22-20(18-9-7-17(8-10-18)16(4)23)13-27(25,26)19-11-5-15(3)6-12-19/h5-13H,1H2,2-4H3,(H,22,24)/b20-13-. The average molecular weight is 383 g/mol. The third-order valence-electron chi connectivity index (χ3n) is 3.86. The monoisotopic (exact) mass is 383 g/mol. The number of carbonyl (C=O) groups is 2. The number of hydrogen-bond acceptors (Lipinski definition) is 4. The summed E-state index contributed by atoms with van der Waals surface area (Å²) in [5, 5.41) is 3.59. The second-order valence-electron chi connectivity index (χ2n) is 6.26. The van der Waals surface area contributed by atoms with Crippen molar-refractivity contribution in [3.8, 4) is 0 Å². The van der Waals surface area contributed by atoms with Gasteiger partial charge in [-0.25, -0.2) is 8.42 Å². The molecule has 0 radical (unpaired) electrons. The van der Waals surface area contributed by atoms with Crippen LogP contribution in [0.3, 0.4) is 0 Å². The number of sulfone groups is 1. The van der Waals surface area contributed by atoms with Crippen LogP contribution in [0.15, 0.2) is 71.0 Å². The molecule has 2 rings (SSSR count).